The van der Waals surface area contributed by atoms with Gasteiger partial charge in [0.15, 0.2) is 0 Å². The molecule has 0 fully saturated rings. The molecule has 0 saturated carbocycles. The lowest BCUT2D eigenvalue weighted by Crippen LogP contribution is -2.13. The minimum absolute atomic E-state index is 0.0328. The number of fused-ring (bicyclic) bond motifs is 1. The summed E-state index contributed by atoms with van der Waals surface area (Å²) in [6.07, 6.45) is 3.23. The van der Waals surface area contributed by atoms with Crippen LogP contribution < -0.4 is 5.32 Å². The Kier molecular flexibility index (Phi) is 5.48. The van der Waals surface area contributed by atoms with Crippen LogP contribution in [-0.2, 0) is 11.3 Å². The number of nitrogens with zero attached hydrogens (tertiary/aromatic N) is 1. The SMILES string of the molecule is CCCn1cc(SCC(=O)Nc2cccc(Cl)c2)c2ccccc21. The van der Waals surface area contributed by atoms with Crippen molar-refractivity contribution in [3.05, 3.63) is 59.8 Å². The summed E-state index contributed by atoms with van der Waals surface area (Å²) >= 11 is 7.50. The van der Waals surface area contributed by atoms with Crippen LogP contribution in [0.15, 0.2) is 59.6 Å². The summed E-state index contributed by atoms with van der Waals surface area (Å²) in [5.41, 5.74) is 1.94. The van der Waals surface area contributed by atoms with Crippen molar-refractivity contribution < 1.29 is 4.79 Å². The van der Waals surface area contributed by atoms with Crippen LogP contribution in [0.25, 0.3) is 10.9 Å². The molecule has 0 saturated heterocycles. The Morgan fingerprint density at radius 1 is 1.21 bits per heavy atom. The van der Waals surface area contributed by atoms with Crippen LogP contribution in [0.1, 0.15) is 13.3 Å². The topological polar surface area (TPSA) is 34.0 Å². The van der Waals surface area contributed by atoms with Crippen molar-refractivity contribution in [3.8, 4) is 0 Å². The number of aryl methyl sites for hydroxylation is 1. The maximum Gasteiger partial charge on any atom is 0.234 e. The molecule has 1 heterocycles. The largest absolute Gasteiger partial charge is 0.346 e. The Hall–Kier alpha value is -1.91. The van der Waals surface area contributed by atoms with E-state index in [1.54, 1.807) is 23.9 Å². The van der Waals surface area contributed by atoms with Crippen molar-refractivity contribution in [2.24, 2.45) is 0 Å². The molecule has 0 radical (unpaired) electrons. The van der Waals surface area contributed by atoms with Gasteiger partial charge in [-0.05, 0) is 30.7 Å². The molecule has 3 nitrogen and oxygen atoms in total. The molecule has 0 unspecified atom stereocenters. The molecule has 2 aromatic carbocycles. The fourth-order valence-electron chi connectivity index (χ4n) is 2.66. The normalized spacial score (nSPS) is 10.9. The van der Waals surface area contributed by atoms with Crippen LogP contribution in [0.4, 0.5) is 5.69 Å². The first-order chi connectivity index (χ1) is 11.7. The summed E-state index contributed by atoms with van der Waals surface area (Å²) in [5, 5.41) is 4.70. The van der Waals surface area contributed by atoms with E-state index in [-0.39, 0.29) is 5.91 Å². The third-order valence-electron chi connectivity index (χ3n) is 3.68. The summed E-state index contributed by atoms with van der Waals surface area (Å²) in [7, 11) is 0. The van der Waals surface area contributed by atoms with E-state index in [4.69, 9.17) is 11.6 Å². The number of amides is 1. The second kappa shape index (κ2) is 7.77. The molecular weight excluding hydrogens is 340 g/mol. The second-order valence-electron chi connectivity index (χ2n) is 5.55. The highest BCUT2D eigenvalue weighted by atomic mass is 35.5. The molecule has 1 amide bonds. The number of nitrogens with one attached hydrogen (secondary N) is 1. The molecule has 0 spiro atoms. The summed E-state index contributed by atoms with van der Waals surface area (Å²) in [5.74, 6) is 0.335. The van der Waals surface area contributed by atoms with E-state index in [1.807, 2.05) is 18.2 Å². The van der Waals surface area contributed by atoms with Crippen molar-refractivity contribution in [1.29, 1.82) is 0 Å². The number of anilines is 1. The summed E-state index contributed by atoms with van der Waals surface area (Å²) in [6, 6.07) is 15.5. The van der Waals surface area contributed by atoms with Gasteiger partial charge in [-0.15, -0.1) is 11.8 Å². The molecule has 0 aliphatic heterocycles. The van der Waals surface area contributed by atoms with E-state index in [1.165, 1.54) is 10.9 Å². The smallest absolute Gasteiger partial charge is 0.234 e. The lowest BCUT2D eigenvalue weighted by molar-refractivity contribution is -0.113. The third kappa shape index (κ3) is 3.94. The summed E-state index contributed by atoms with van der Waals surface area (Å²) in [4.78, 5) is 13.3. The van der Waals surface area contributed by atoms with Crippen LogP contribution in [0, 0.1) is 0 Å². The van der Waals surface area contributed by atoms with Crippen molar-refractivity contribution in [2.75, 3.05) is 11.1 Å². The molecule has 0 aliphatic rings. The van der Waals surface area contributed by atoms with Crippen molar-refractivity contribution in [3.63, 3.8) is 0 Å². The first-order valence-electron chi connectivity index (χ1n) is 7.93. The van der Waals surface area contributed by atoms with Gasteiger partial charge < -0.3 is 9.88 Å². The maximum absolute atomic E-state index is 12.2. The molecule has 1 N–H and O–H groups in total. The van der Waals surface area contributed by atoms with Crippen LogP contribution in [0.3, 0.4) is 0 Å². The molecule has 3 aromatic rings. The average Bonchev–Trinajstić information content (AvgIpc) is 2.92. The number of hydrogen-bond donors (Lipinski definition) is 1. The Morgan fingerprint density at radius 2 is 2.04 bits per heavy atom. The molecule has 0 bridgehead atoms. The van der Waals surface area contributed by atoms with Gasteiger partial charge in [-0.3, -0.25) is 4.79 Å². The number of benzene rings is 2. The number of halogens is 1. The molecule has 3 rings (SSSR count). The van der Waals surface area contributed by atoms with Crippen LogP contribution in [0.5, 0.6) is 0 Å². The van der Waals surface area contributed by atoms with E-state index >= 15 is 0 Å². The minimum atomic E-state index is -0.0328. The number of rotatable bonds is 6. The van der Waals surface area contributed by atoms with Gasteiger partial charge in [0.25, 0.3) is 0 Å². The Balaban J connectivity index is 1.70. The van der Waals surface area contributed by atoms with E-state index in [9.17, 15) is 4.79 Å². The standard InChI is InChI=1S/C19H19ClN2OS/c1-2-10-22-12-18(16-8-3-4-9-17(16)22)24-13-19(23)21-15-7-5-6-14(20)11-15/h3-9,11-12H,2,10,13H2,1H3,(H,21,23). The van der Waals surface area contributed by atoms with E-state index < -0.39 is 0 Å². The van der Waals surface area contributed by atoms with Gasteiger partial charge in [0.2, 0.25) is 5.91 Å². The fraction of sp³-hybridized carbons (Fsp3) is 0.211. The lowest BCUT2D eigenvalue weighted by atomic mass is 10.2. The molecular formula is C19H19ClN2OS. The van der Waals surface area contributed by atoms with Crippen LogP contribution in [0.2, 0.25) is 5.02 Å². The van der Waals surface area contributed by atoms with E-state index in [0.29, 0.717) is 10.8 Å². The zero-order valence-electron chi connectivity index (χ0n) is 13.5. The maximum atomic E-state index is 12.2. The zero-order valence-corrected chi connectivity index (χ0v) is 15.0. The Bertz CT molecular complexity index is 859. The van der Waals surface area contributed by atoms with Gasteiger partial charge in [0.05, 0.1) is 5.75 Å². The number of hydrogen-bond acceptors (Lipinski definition) is 2. The predicted molar refractivity (Wildman–Crippen MR) is 103 cm³/mol. The average molecular weight is 359 g/mol. The zero-order chi connectivity index (χ0) is 16.9. The van der Waals surface area contributed by atoms with Crippen LogP contribution >= 0.6 is 23.4 Å². The quantitative estimate of drug-likeness (QED) is 0.595. The van der Waals surface area contributed by atoms with Gasteiger partial charge in [0.1, 0.15) is 0 Å². The predicted octanol–water partition coefficient (Wildman–Crippen LogP) is 5.44. The minimum Gasteiger partial charge on any atom is -0.346 e. The highest BCUT2D eigenvalue weighted by Gasteiger charge is 2.10. The molecule has 24 heavy (non-hydrogen) atoms. The van der Waals surface area contributed by atoms with Crippen molar-refractivity contribution >= 4 is 45.9 Å². The summed E-state index contributed by atoms with van der Waals surface area (Å²) in [6.45, 7) is 3.15. The first-order valence-corrected chi connectivity index (χ1v) is 9.30. The van der Waals surface area contributed by atoms with Gasteiger partial charge in [-0.1, -0.05) is 42.8 Å². The number of carbonyl (C=O) groups excluding carboxylic acids is 1. The fourth-order valence-corrected chi connectivity index (χ4v) is 3.74. The third-order valence-corrected chi connectivity index (χ3v) is 4.96. The molecule has 0 atom stereocenters. The first kappa shape index (κ1) is 16.9. The second-order valence-corrected chi connectivity index (χ2v) is 7.00. The van der Waals surface area contributed by atoms with Crippen LogP contribution in [-0.4, -0.2) is 16.2 Å². The van der Waals surface area contributed by atoms with Gasteiger partial charge in [-0.2, -0.15) is 0 Å². The summed E-state index contributed by atoms with van der Waals surface area (Å²) < 4.78 is 2.26. The number of aromatic nitrogens is 1. The lowest BCUT2D eigenvalue weighted by Gasteiger charge is -2.05. The van der Waals surface area contributed by atoms with Gasteiger partial charge in [-0.25, -0.2) is 0 Å². The molecule has 0 aliphatic carbocycles. The molecule has 1 aromatic heterocycles. The van der Waals surface area contributed by atoms with Crippen molar-refractivity contribution in [2.45, 2.75) is 24.8 Å². The molecule has 5 heteroatoms. The monoisotopic (exact) mass is 358 g/mol. The number of carbonyl (C=O) groups is 1. The Labute approximate surface area is 151 Å². The van der Waals surface area contributed by atoms with E-state index in [2.05, 4.69) is 41.2 Å². The number of para-hydroxylation sites is 1. The Morgan fingerprint density at radius 3 is 2.83 bits per heavy atom. The highest BCUT2D eigenvalue weighted by Crippen LogP contribution is 2.30. The highest BCUT2D eigenvalue weighted by molar-refractivity contribution is 8.00. The number of thioether (sulfide) groups is 1. The van der Waals surface area contributed by atoms with Gasteiger partial charge >= 0.3 is 0 Å². The molecule has 124 valence electrons. The van der Waals surface area contributed by atoms with E-state index in [0.717, 1.165) is 23.5 Å². The van der Waals surface area contributed by atoms with Gasteiger partial charge in [0, 0.05) is 39.3 Å². The van der Waals surface area contributed by atoms with Crippen molar-refractivity contribution in [1.82, 2.24) is 4.57 Å².